The van der Waals surface area contributed by atoms with Gasteiger partial charge >= 0.3 is 0 Å². The fraction of sp³-hybridized carbons (Fsp3) is 0.304. The molecule has 32 heavy (non-hydrogen) atoms. The van der Waals surface area contributed by atoms with E-state index in [1.807, 2.05) is 17.5 Å². The van der Waals surface area contributed by atoms with Crippen LogP contribution < -0.4 is 5.32 Å². The summed E-state index contributed by atoms with van der Waals surface area (Å²) in [4.78, 5) is 17.3. The number of rotatable bonds is 6. The van der Waals surface area contributed by atoms with Crippen molar-refractivity contribution in [3.05, 3.63) is 65.0 Å². The van der Waals surface area contributed by atoms with E-state index >= 15 is 0 Å². The van der Waals surface area contributed by atoms with Crippen molar-refractivity contribution in [2.24, 2.45) is 0 Å². The molecule has 1 amide bonds. The van der Waals surface area contributed by atoms with Gasteiger partial charge in [-0.25, -0.2) is 13.4 Å². The number of sulfonamides is 1. The van der Waals surface area contributed by atoms with Crippen LogP contribution in [-0.4, -0.2) is 49.9 Å². The van der Waals surface area contributed by atoms with Crippen LogP contribution in [0.1, 0.15) is 35.7 Å². The topological polar surface area (TPSA) is 88.6 Å². The van der Waals surface area contributed by atoms with Gasteiger partial charge in [-0.3, -0.25) is 10.1 Å². The summed E-state index contributed by atoms with van der Waals surface area (Å²) in [6.07, 6.45) is 0. The molecule has 1 aliphatic rings. The summed E-state index contributed by atoms with van der Waals surface area (Å²) in [6, 6.07) is 14.2. The van der Waals surface area contributed by atoms with Crippen molar-refractivity contribution in [1.82, 2.24) is 9.29 Å². The minimum absolute atomic E-state index is 0.164. The Balaban J connectivity index is 1.43. The second-order valence-corrected chi connectivity index (χ2v) is 10.6. The lowest BCUT2D eigenvalue weighted by Crippen LogP contribution is -2.40. The molecule has 0 unspecified atom stereocenters. The Hall–Kier alpha value is -2.59. The predicted molar refractivity (Wildman–Crippen MR) is 126 cm³/mol. The van der Waals surface area contributed by atoms with Gasteiger partial charge in [0.1, 0.15) is 0 Å². The Morgan fingerprint density at radius 3 is 2.34 bits per heavy atom. The summed E-state index contributed by atoms with van der Waals surface area (Å²) in [5.74, 6) is 0.126. The van der Waals surface area contributed by atoms with Gasteiger partial charge < -0.3 is 4.74 Å². The van der Waals surface area contributed by atoms with E-state index in [1.54, 1.807) is 0 Å². The Morgan fingerprint density at radius 1 is 1.06 bits per heavy atom. The zero-order valence-electron chi connectivity index (χ0n) is 17.9. The molecule has 9 heteroatoms. The average molecular weight is 472 g/mol. The monoisotopic (exact) mass is 471 g/mol. The maximum Gasteiger partial charge on any atom is 0.257 e. The van der Waals surface area contributed by atoms with Gasteiger partial charge in [-0.15, -0.1) is 11.3 Å². The van der Waals surface area contributed by atoms with E-state index in [0.717, 1.165) is 11.3 Å². The molecule has 7 nitrogen and oxygen atoms in total. The number of thiazole rings is 1. The number of carbonyl (C=O) groups excluding carboxylic acids is 1. The van der Waals surface area contributed by atoms with Crippen LogP contribution in [0.15, 0.2) is 58.8 Å². The third-order valence-electron chi connectivity index (χ3n) is 5.32. The maximum atomic E-state index is 12.7. The van der Waals surface area contributed by atoms with Crippen LogP contribution in [-0.2, 0) is 14.8 Å². The van der Waals surface area contributed by atoms with E-state index in [0.29, 0.717) is 42.9 Å². The summed E-state index contributed by atoms with van der Waals surface area (Å²) < 4.78 is 32.1. The molecule has 0 bridgehead atoms. The van der Waals surface area contributed by atoms with E-state index < -0.39 is 10.0 Å². The molecule has 1 aromatic heterocycles. The van der Waals surface area contributed by atoms with Gasteiger partial charge in [-0.05, 0) is 35.7 Å². The smallest absolute Gasteiger partial charge is 0.257 e. The van der Waals surface area contributed by atoms with Crippen LogP contribution in [0, 0.1) is 0 Å². The van der Waals surface area contributed by atoms with E-state index in [2.05, 4.69) is 36.3 Å². The number of nitrogens with zero attached hydrogens (tertiary/aromatic N) is 2. The van der Waals surface area contributed by atoms with Crippen LogP contribution in [0.3, 0.4) is 0 Å². The normalized spacial score (nSPS) is 15.1. The molecule has 3 aromatic rings. The van der Waals surface area contributed by atoms with Gasteiger partial charge in [0.15, 0.2) is 5.13 Å². The quantitative estimate of drug-likeness (QED) is 0.582. The fourth-order valence-corrected chi connectivity index (χ4v) is 5.51. The molecule has 0 spiro atoms. The average Bonchev–Trinajstić information content (AvgIpc) is 3.28. The first-order valence-electron chi connectivity index (χ1n) is 10.4. The maximum absolute atomic E-state index is 12.7. The van der Waals surface area contributed by atoms with Gasteiger partial charge in [0, 0.05) is 29.6 Å². The first-order valence-corrected chi connectivity index (χ1v) is 12.7. The third kappa shape index (κ3) is 4.91. The molecule has 1 fully saturated rings. The number of aromatic nitrogens is 1. The van der Waals surface area contributed by atoms with Crippen molar-refractivity contribution in [1.29, 1.82) is 0 Å². The number of amides is 1. The van der Waals surface area contributed by atoms with Gasteiger partial charge in [0.05, 0.1) is 23.8 Å². The summed E-state index contributed by atoms with van der Waals surface area (Å²) in [6.45, 7) is 5.73. The van der Waals surface area contributed by atoms with Gasteiger partial charge in [-0.1, -0.05) is 38.1 Å². The highest BCUT2D eigenvalue weighted by Crippen LogP contribution is 2.27. The molecule has 0 saturated carbocycles. The molecule has 168 valence electrons. The fourth-order valence-electron chi connectivity index (χ4n) is 3.39. The van der Waals surface area contributed by atoms with Gasteiger partial charge in [-0.2, -0.15) is 4.31 Å². The summed E-state index contributed by atoms with van der Waals surface area (Å²) in [5.41, 5.74) is 3.41. The molecule has 1 aliphatic heterocycles. The summed E-state index contributed by atoms with van der Waals surface area (Å²) in [7, 11) is -3.59. The van der Waals surface area contributed by atoms with E-state index in [-0.39, 0.29) is 10.8 Å². The zero-order valence-corrected chi connectivity index (χ0v) is 19.6. The summed E-state index contributed by atoms with van der Waals surface area (Å²) in [5, 5.41) is 5.18. The molecule has 1 saturated heterocycles. The Morgan fingerprint density at radius 2 is 1.72 bits per heavy atom. The Bertz CT molecular complexity index is 1180. The lowest BCUT2D eigenvalue weighted by atomic mass is 10.0. The molecule has 0 aliphatic carbocycles. The lowest BCUT2D eigenvalue weighted by molar-refractivity contribution is 0.0730. The Labute approximate surface area is 192 Å². The molecular weight excluding hydrogens is 446 g/mol. The van der Waals surface area contributed by atoms with Gasteiger partial charge in [0.25, 0.3) is 5.91 Å². The second kappa shape index (κ2) is 9.50. The summed E-state index contributed by atoms with van der Waals surface area (Å²) >= 11 is 1.35. The van der Waals surface area contributed by atoms with Crippen LogP contribution in [0.5, 0.6) is 0 Å². The molecule has 4 rings (SSSR count). The number of benzene rings is 2. The third-order valence-corrected chi connectivity index (χ3v) is 7.99. The number of anilines is 1. The number of ether oxygens (including phenoxy) is 1. The van der Waals surface area contributed by atoms with Crippen molar-refractivity contribution in [3.63, 3.8) is 0 Å². The molecule has 0 atom stereocenters. The van der Waals surface area contributed by atoms with Gasteiger partial charge in [0.2, 0.25) is 10.0 Å². The van der Waals surface area contributed by atoms with Crippen molar-refractivity contribution in [2.45, 2.75) is 24.7 Å². The van der Waals surface area contributed by atoms with Crippen LogP contribution in [0.4, 0.5) is 5.13 Å². The van der Waals surface area contributed by atoms with E-state index in [4.69, 9.17) is 4.74 Å². The van der Waals surface area contributed by atoms with Crippen molar-refractivity contribution >= 4 is 32.4 Å². The van der Waals surface area contributed by atoms with Crippen LogP contribution >= 0.6 is 11.3 Å². The van der Waals surface area contributed by atoms with Crippen molar-refractivity contribution in [2.75, 3.05) is 31.6 Å². The first kappa shape index (κ1) is 22.6. The highest BCUT2D eigenvalue weighted by atomic mass is 32.2. The van der Waals surface area contributed by atoms with Crippen molar-refractivity contribution < 1.29 is 17.9 Å². The SMILES string of the molecule is CC(C)c1ccc(-c2csc(NC(=O)c3ccc(S(=O)(=O)N4CCOCC4)cc3)n2)cc1. The zero-order chi connectivity index (χ0) is 22.7. The standard InChI is InChI=1S/C23H25N3O4S2/c1-16(2)17-3-5-18(6-4-17)21-15-31-23(24-21)25-22(27)19-7-9-20(10-8-19)32(28,29)26-11-13-30-14-12-26/h3-10,15-16H,11-14H2,1-2H3,(H,24,25,27). The number of hydrogen-bond donors (Lipinski definition) is 1. The second-order valence-electron chi connectivity index (χ2n) is 7.81. The molecule has 2 heterocycles. The highest BCUT2D eigenvalue weighted by Gasteiger charge is 2.26. The predicted octanol–water partition coefficient (Wildman–Crippen LogP) is 4.21. The first-order chi connectivity index (χ1) is 15.3. The molecule has 1 N–H and O–H groups in total. The highest BCUT2D eigenvalue weighted by molar-refractivity contribution is 7.89. The van der Waals surface area contributed by atoms with Crippen LogP contribution in [0.2, 0.25) is 0 Å². The number of nitrogens with one attached hydrogen (secondary N) is 1. The largest absolute Gasteiger partial charge is 0.379 e. The number of hydrogen-bond acceptors (Lipinski definition) is 6. The number of morpholine rings is 1. The molecule has 2 aromatic carbocycles. The molecular formula is C23H25N3O4S2. The van der Waals surface area contributed by atoms with E-state index in [9.17, 15) is 13.2 Å². The Kier molecular flexibility index (Phi) is 6.71. The lowest BCUT2D eigenvalue weighted by Gasteiger charge is -2.26. The van der Waals surface area contributed by atoms with Crippen molar-refractivity contribution in [3.8, 4) is 11.3 Å². The minimum Gasteiger partial charge on any atom is -0.379 e. The minimum atomic E-state index is -3.59. The molecule has 0 radical (unpaired) electrons. The van der Waals surface area contributed by atoms with E-state index in [1.165, 1.54) is 45.5 Å². The van der Waals surface area contributed by atoms with Crippen LogP contribution in [0.25, 0.3) is 11.3 Å². The number of carbonyl (C=O) groups is 1.